The van der Waals surface area contributed by atoms with Gasteiger partial charge in [-0.1, -0.05) is 48.0 Å². The molecule has 35 heavy (non-hydrogen) atoms. The lowest BCUT2D eigenvalue weighted by molar-refractivity contribution is -0.134. The van der Waals surface area contributed by atoms with Crippen LogP contribution >= 0.6 is 22.9 Å². The molecule has 2 atom stereocenters. The van der Waals surface area contributed by atoms with E-state index in [1.807, 2.05) is 34.1 Å². The van der Waals surface area contributed by atoms with Gasteiger partial charge in [0.1, 0.15) is 0 Å². The molecule has 2 aliphatic rings. The van der Waals surface area contributed by atoms with Crippen LogP contribution in [0.4, 0.5) is 0 Å². The lowest BCUT2D eigenvalue weighted by atomic mass is 9.93. The molecule has 0 aliphatic carbocycles. The first-order valence-corrected chi connectivity index (χ1v) is 13.5. The van der Waals surface area contributed by atoms with E-state index in [1.165, 1.54) is 16.0 Å². The van der Waals surface area contributed by atoms with Crippen LogP contribution in [0.5, 0.6) is 0 Å². The first kappa shape index (κ1) is 24.0. The molecular formula is C28H30ClN3O2S. The first-order chi connectivity index (χ1) is 17.0. The number of rotatable bonds is 5. The SMILES string of the molecule is CC1CN(C(=O)CCN2CCc3sccc3C2c2ccccc2)CCN1C(=O)c1cccc(Cl)c1. The minimum Gasteiger partial charge on any atom is -0.339 e. The van der Waals surface area contributed by atoms with Crippen LogP contribution in [-0.4, -0.2) is 65.3 Å². The molecule has 2 aliphatic heterocycles. The van der Waals surface area contributed by atoms with E-state index in [2.05, 4.69) is 40.6 Å². The molecule has 2 unspecified atom stereocenters. The monoisotopic (exact) mass is 507 g/mol. The predicted molar refractivity (Wildman–Crippen MR) is 141 cm³/mol. The summed E-state index contributed by atoms with van der Waals surface area (Å²) in [4.78, 5) is 33.8. The van der Waals surface area contributed by atoms with Crippen LogP contribution in [0, 0.1) is 0 Å². The predicted octanol–water partition coefficient (Wildman–Crippen LogP) is 5.11. The smallest absolute Gasteiger partial charge is 0.254 e. The molecule has 1 saturated heterocycles. The van der Waals surface area contributed by atoms with E-state index < -0.39 is 0 Å². The Morgan fingerprint density at radius 1 is 1.03 bits per heavy atom. The summed E-state index contributed by atoms with van der Waals surface area (Å²) in [5.74, 6) is 0.132. The van der Waals surface area contributed by atoms with Crippen molar-refractivity contribution in [1.29, 1.82) is 0 Å². The van der Waals surface area contributed by atoms with Gasteiger partial charge in [-0.15, -0.1) is 11.3 Å². The van der Waals surface area contributed by atoms with Crippen LogP contribution in [0.25, 0.3) is 0 Å². The van der Waals surface area contributed by atoms with Crippen LogP contribution in [0.1, 0.15) is 45.7 Å². The highest BCUT2D eigenvalue weighted by Gasteiger charge is 2.32. The Hall–Kier alpha value is -2.67. The van der Waals surface area contributed by atoms with Gasteiger partial charge in [0.05, 0.1) is 6.04 Å². The zero-order chi connectivity index (χ0) is 24.4. The second-order valence-electron chi connectivity index (χ2n) is 9.35. The summed E-state index contributed by atoms with van der Waals surface area (Å²) in [7, 11) is 0. The number of amides is 2. The summed E-state index contributed by atoms with van der Waals surface area (Å²) in [6, 6.07) is 20.0. The molecule has 0 bridgehead atoms. The lowest BCUT2D eigenvalue weighted by Gasteiger charge is -2.41. The quantitative estimate of drug-likeness (QED) is 0.482. The third-order valence-corrected chi connectivity index (χ3v) is 8.34. The Balaban J connectivity index is 1.21. The molecular weight excluding hydrogens is 478 g/mol. The number of benzene rings is 2. The summed E-state index contributed by atoms with van der Waals surface area (Å²) < 4.78 is 0. The molecule has 0 radical (unpaired) electrons. The van der Waals surface area contributed by atoms with Crippen LogP contribution in [-0.2, 0) is 11.2 Å². The number of halogens is 1. The van der Waals surface area contributed by atoms with Crippen molar-refractivity contribution in [3.8, 4) is 0 Å². The van der Waals surface area contributed by atoms with Crippen molar-refractivity contribution in [3.05, 3.63) is 92.6 Å². The standard InChI is InChI=1S/C28H30ClN3O2S/c1-20-19-31(15-16-32(20)28(34)22-8-5-9-23(29)18-22)26(33)11-14-30-13-10-25-24(12-17-35-25)27(30)21-6-3-2-4-7-21/h2-9,12,17-18,20,27H,10-11,13-16,19H2,1H3. The van der Waals surface area contributed by atoms with E-state index in [9.17, 15) is 9.59 Å². The van der Waals surface area contributed by atoms with Crippen molar-refractivity contribution < 1.29 is 9.59 Å². The highest BCUT2D eigenvalue weighted by Crippen LogP contribution is 2.37. The molecule has 0 spiro atoms. The molecule has 2 aromatic carbocycles. The van der Waals surface area contributed by atoms with E-state index in [-0.39, 0.29) is 23.9 Å². The zero-order valence-corrected chi connectivity index (χ0v) is 21.5. The summed E-state index contributed by atoms with van der Waals surface area (Å²) in [5.41, 5.74) is 3.25. The first-order valence-electron chi connectivity index (χ1n) is 12.2. The number of hydrogen-bond donors (Lipinski definition) is 0. The Morgan fingerprint density at radius 3 is 2.63 bits per heavy atom. The zero-order valence-electron chi connectivity index (χ0n) is 19.9. The molecule has 3 aromatic rings. The largest absolute Gasteiger partial charge is 0.339 e. The van der Waals surface area contributed by atoms with Gasteiger partial charge in [-0.05, 0) is 54.1 Å². The van der Waals surface area contributed by atoms with Crippen molar-refractivity contribution in [1.82, 2.24) is 14.7 Å². The number of nitrogens with zero attached hydrogens (tertiary/aromatic N) is 3. The van der Waals surface area contributed by atoms with Gasteiger partial charge in [0.15, 0.2) is 0 Å². The fourth-order valence-electron chi connectivity index (χ4n) is 5.31. The molecule has 7 heteroatoms. The van der Waals surface area contributed by atoms with Crippen molar-refractivity contribution in [2.24, 2.45) is 0 Å². The molecule has 3 heterocycles. The van der Waals surface area contributed by atoms with Crippen molar-refractivity contribution in [2.75, 3.05) is 32.7 Å². The maximum absolute atomic E-state index is 13.2. The molecule has 0 N–H and O–H groups in total. The molecule has 1 fully saturated rings. The number of carbonyl (C=O) groups is 2. The number of fused-ring (bicyclic) bond motifs is 1. The highest BCUT2D eigenvalue weighted by molar-refractivity contribution is 7.10. The minimum absolute atomic E-state index is 0.0299. The summed E-state index contributed by atoms with van der Waals surface area (Å²) in [5, 5.41) is 2.74. The number of hydrogen-bond acceptors (Lipinski definition) is 4. The van der Waals surface area contributed by atoms with E-state index in [1.54, 1.807) is 24.3 Å². The van der Waals surface area contributed by atoms with Crippen LogP contribution < -0.4 is 0 Å². The molecule has 5 rings (SSSR count). The van der Waals surface area contributed by atoms with Gasteiger partial charge in [0, 0.05) is 60.6 Å². The second-order valence-corrected chi connectivity index (χ2v) is 10.8. The Labute approximate surface area is 215 Å². The average Bonchev–Trinajstić information content (AvgIpc) is 3.36. The Bertz CT molecular complexity index is 1200. The summed E-state index contributed by atoms with van der Waals surface area (Å²) in [6.45, 7) is 5.35. The molecule has 182 valence electrons. The van der Waals surface area contributed by atoms with E-state index >= 15 is 0 Å². The van der Waals surface area contributed by atoms with Crippen molar-refractivity contribution in [3.63, 3.8) is 0 Å². The topological polar surface area (TPSA) is 43.9 Å². The number of thiophene rings is 1. The van der Waals surface area contributed by atoms with Crippen molar-refractivity contribution in [2.45, 2.75) is 31.8 Å². The van der Waals surface area contributed by atoms with Gasteiger partial charge in [-0.2, -0.15) is 0 Å². The van der Waals surface area contributed by atoms with Gasteiger partial charge < -0.3 is 9.80 Å². The van der Waals surface area contributed by atoms with Crippen LogP contribution in [0.2, 0.25) is 5.02 Å². The third-order valence-electron chi connectivity index (χ3n) is 7.11. The summed E-state index contributed by atoms with van der Waals surface area (Å²) in [6.07, 6.45) is 1.52. The van der Waals surface area contributed by atoms with Crippen LogP contribution in [0.15, 0.2) is 66.0 Å². The number of piperazine rings is 1. The molecule has 5 nitrogen and oxygen atoms in total. The third kappa shape index (κ3) is 5.15. The lowest BCUT2D eigenvalue weighted by Crippen LogP contribution is -2.55. The second kappa shape index (κ2) is 10.5. The fourth-order valence-corrected chi connectivity index (χ4v) is 6.40. The molecule has 0 saturated carbocycles. The van der Waals surface area contributed by atoms with Gasteiger partial charge in [-0.3, -0.25) is 14.5 Å². The average molecular weight is 508 g/mol. The van der Waals surface area contributed by atoms with E-state index in [4.69, 9.17) is 11.6 Å². The maximum Gasteiger partial charge on any atom is 0.254 e. The van der Waals surface area contributed by atoms with E-state index in [0.717, 1.165) is 19.5 Å². The Morgan fingerprint density at radius 2 is 1.86 bits per heavy atom. The molecule has 1 aromatic heterocycles. The summed E-state index contributed by atoms with van der Waals surface area (Å²) >= 11 is 7.90. The van der Waals surface area contributed by atoms with E-state index in [0.29, 0.717) is 36.6 Å². The van der Waals surface area contributed by atoms with Crippen LogP contribution in [0.3, 0.4) is 0 Å². The van der Waals surface area contributed by atoms with Gasteiger partial charge in [-0.25, -0.2) is 0 Å². The normalized spacial score (nSPS) is 20.5. The van der Waals surface area contributed by atoms with Crippen molar-refractivity contribution >= 4 is 34.8 Å². The maximum atomic E-state index is 13.2. The molecule has 2 amide bonds. The van der Waals surface area contributed by atoms with Gasteiger partial charge in [0.25, 0.3) is 5.91 Å². The Kier molecular flexibility index (Phi) is 7.23. The highest BCUT2D eigenvalue weighted by atomic mass is 35.5. The minimum atomic E-state index is -0.0420. The van der Waals surface area contributed by atoms with Gasteiger partial charge in [0.2, 0.25) is 5.91 Å². The fraction of sp³-hybridized carbons (Fsp3) is 0.357. The van der Waals surface area contributed by atoms with Gasteiger partial charge >= 0.3 is 0 Å². The number of carbonyl (C=O) groups excluding carboxylic acids is 2.